The average molecular weight is 277 g/mol. The number of aryl methyl sites for hydroxylation is 2. The van der Waals surface area contributed by atoms with E-state index in [1.54, 1.807) is 30.5 Å². The van der Waals surface area contributed by atoms with Crippen molar-refractivity contribution in [1.82, 2.24) is 9.97 Å². The molecule has 19 heavy (non-hydrogen) atoms. The topological polar surface area (TPSA) is 75.1 Å². The van der Waals surface area contributed by atoms with Crippen molar-refractivity contribution in [2.24, 2.45) is 0 Å². The van der Waals surface area contributed by atoms with E-state index >= 15 is 0 Å². The zero-order chi connectivity index (χ0) is 13.8. The van der Waals surface area contributed by atoms with Crippen LogP contribution in [0.3, 0.4) is 0 Å². The minimum absolute atomic E-state index is 0.240. The molecule has 0 amide bonds. The third-order valence-corrected chi connectivity index (χ3v) is 3.51. The van der Waals surface area contributed by atoms with Crippen molar-refractivity contribution in [3.05, 3.63) is 39.5 Å². The fourth-order valence-corrected chi connectivity index (χ4v) is 2.52. The van der Waals surface area contributed by atoms with Crippen molar-refractivity contribution < 1.29 is 9.90 Å². The summed E-state index contributed by atoms with van der Waals surface area (Å²) in [6, 6.07) is 1.77. The van der Waals surface area contributed by atoms with Crippen LogP contribution in [0.15, 0.2) is 17.6 Å². The lowest BCUT2D eigenvalue weighted by molar-refractivity contribution is 0.0697. The van der Waals surface area contributed by atoms with Gasteiger partial charge in [0, 0.05) is 30.2 Å². The summed E-state index contributed by atoms with van der Waals surface area (Å²) < 4.78 is 0. The Kier molecular flexibility index (Phi) is 4.11. The number of nitrogens with one attached hydrogen (secondary N) is 1. The minimum Gasteiger partial charge on any atom is -0.478 e. The van der Waals surface area contributed by atoms with E-state index in [4.69, 9.17) is 0 Å². The first kappa shape index (κ1) is 13.5. The molecule has 2 rings (SSSR count). The number of hydrogen-bond acceptors (Lipinski definition) is 5. The van der Waals surface area contributed by atoms with Crippen LogP contribution in [0.25, 0.3) is 0 Å². The summed E-state index contributed by atoms with van der Waals surface area (Å²) in [5, 5.41) is 15.3. The highest BCUT2D eigenvalue weighted by Gasteiger charge is 2.15. The van der Waals surface area contributed by atoms with Gasteiger partial charge in [-0.15, -0.1) is 11.3 Å². The van der Waals surface area contributed by atoms with Crippen molar-refractivity contribution in [2.75, 3.05) is 11.9 Å². The molecule has 2 N–H and O–H groups in total. The summed E-state index contributed by atoms with van der Waals surface area (Å²) in [4.78, 5) is 19.7. The predicted octanol–water partition coefficient (Wildman–Crippen LogP) is 2.51. The zero-order valence-electron chi connectivity index (χ0n) is 10.8. The first-order valence-electron chi connectivity index (χ1n) is 5.91. The predicted molar refractivity (Wildman–Crippen MR) is 75.0 cm³/mol. The summed E-state index contributed by atoms with van der Waals surface area (Å²) in [6.45, 7) is 4.25. The van der Waals surface area contributed by atoms with Gasteiger partial charge in [0.15, 0.2) is 0 Å². The summed E-state index contributed by atoms with van der Waals surface area (Å²) in [6.07, 6.45) is 2.52. The molecule has 5 nitrogen and oxygen atoms in total. The van der Waals surface area contributed by atoms with E-state index in [1.807, 2.05) is 12.3 Å². The molecule has 0 aliphatic heterocycles. The second-order valence-corrected chi connectivity index (χ2v) is 5.19. The first-order valence-corrected chi connectivity index (χ1v) is 6.79. The Morgan fingerprint density at radius 3 is 2.89 bits per heavy atom. The molecular weight excluding hydrogens is 262 g/mol. The second-order valence-electron chi connectivity index (χ2n) is 4.21. The molecule has 6 heteroatoms. The third-order valence-electron chi connectivity index (χ3n) is 2.67. The number of thiazole rings is 1. The van der Waals surface area contributed by atoms with E-state index in [2.05, 4.69) is 15.3 Å². The van der Waals surface area contributed by atoms with Crippen molar-refractivity contribution in [3.8, 4) is 0 Å². The standard InChI is InChI=1S/C13H15N3O2S/c1-8-7-9(2)16-12(11(8)13(17)18)15-4-3-10-14-5-6-19-10/h5-7H,3-4H2,1-2H3,(H,15,16)(H,17,18). The Labute approximate surface area is 115 Å². The highest BCUT2D eigenvalue weighted by Crippen LogP contribution is 2.18. The van der Waals surface area contributed by atoms with Gasteiger partial charge < -0.3 is 10.4 Å². The second kappa shape index (κ2) is 5.79. The lowest BCUT2D eigenvalue weighted by atomic mass is 10.1. The summed E-state index contributed by atoms with van der Waals surface area (Å²) in [5.41, 5.74) is 1.76. The Morgan fingerprint density at radius 1 is 1.47 bits per heavy atom. The van der Waals surface area contributed by atoms with Crippen LogP contribution in [0, 0.1) is 13.8 Å². The molecule has 0 aliphatic rings. The van der Waals surface area contributed by atoms with Crippen LogP contribution >= 0.6 is 11.3 Å². The largest absolute Gasteiger partial charge is 0.478 e. The minimum atomic E-state index is -0.957. The van der Waals surface area contributed by atoms with Crippen LogP contribution in [0.5, 0.6) is 0 Å². The van der Waals surface area contributed by atoms with E-state index in [9.17, 15) is 9.90 Å². The molecule has 0 atom stereocenters. The molecule has 0 spiro atoms. The monoisotopic (exact) mass is 277 g/mol. The SMILES string of the molecule is Cc1cc(C)c(C(=O)O)c(NCCc2nccs2)n1. The summed E-state index contributed by atoms with van der Waals surface area (Å²) in [7, 11) is 0. The summed E-state index contributed by atoms with van der Waals surface area (Å²) >= 11 is 1.59. The molecule has 0 unspecified atom stereocenters. The fourth-order valence-electron chi connectivity index (χ4n) is 1.90. The Morgan fingerprint density at radius 2 is 2.26 bits per heavy atom. The van der Waals surface area contributed by atoms with E-state index in [0.29, 0.717) is 12.4 Å². The Hall–Kier alpha value is -1.95. The van der Waals surface area contributed by atoms with Crippen LogP contribution in [-0.4, -0.2) is 27.6 Å². The van der Waals surface area contributed by atoms with Crippen LogP contribution < -0.4 is 5.32 Å². The van der Waals surface area contributed by atoms with Crippen LogP contribution in [0.2, 0.25) is 0 Å². The van der Waals surface area contributed by atoms with Gasteiger partial charge in [0.1, 0.15) is 11.4 Å². The van der Waals surface area contributed by atoms with Crippen LogP contribution in [-0.2, 0) is 6.42 Å². The van der Waals surface area contributed by atoms with Crippen molar-refractivity contribution >= 4 is 23.1 Å². The van der Waals surface area contributed by atoms with Gasteiger partial charge >= 0.3 is 5.97 Å². The van der Waals surface area contributed by atoms with Gasteiger partial charge in [-0.1, -0.05) is 0 Å². The van der Waals surface area contributed by atoms with Gasteiger partial charge in [0.25, 0.3) is 0 Å². The van der Waals surface area contributed by atoms with Gasteiger partial charge in [-0.25, -0.2) is 14.8 Å². The number of carboxylic acid groups (broad SMARTS) is 1. The number of aromatic carboxylic acids is 1. The first-order chi connectivity index (χ1) is 9.08. The highest BCUT2D eigenvalue weighted by atomic mass is 32.1. The number of pyridine rings is 1. The maximum absolute atomic E-state index is 11.3. The van der Waals surface area contributed by atoms with Crippen molar-refractivity contribution in [3.63, 3.8) is 0 Å². The number of carboxylic acids is 1. The molecule has 100 valence electrons. The van der Waals surface area contributed by atoms with Crippen LogP contribution in [0.1, 0.15) is 26.6 Å². The van der Waals surface area contributed by atoms with Gasteiger partial charge in [0.2, 0.25) is 0 Å². The molecule has 0 saturated carbocycles. The smallest absolute Gasteiger partial charge is 0.339 e. The van der Waals surface area contributed by atoms with Gasteiger partial charge in [0.05, 0.1) is 5.01 Å². The fraction of sp³-hybridized carbons (Fsp3) is 0.308. The number of aromatic nitrogens is 2. The molecule has 0 bridgehead atoms. The molecule has 0 fully saturated rings. The van der Waals surface area contributed by atoms with E-state index in [1.165, 1.54) is 0 Å². The molecular formula is C13H15N3O2S. The van der Waals surface area contributed by atoms with Gasteiger partial charge in [-0.2, -0.15) is 0 Å². The van der Waals surface area contributed by atoms with Gasteiger partial charge in [-0.05, 0) is 25.5 Å². The molecule has 2 aromatic rings. The maximum Gasteiger partial charge on any atom is 0.339 e. The third kappa shape index (κ3) is 3.29. The molecule has 2 heterocycles. The van der Waals surface area contributed by atoms with Crippen molar-refractivity contribution in [2.45, 2.75) is 20.3 Å². The number of carbonyl (C=O) groups is 1. The van der Waals surface area contributed by atoms with E-state index in [0.717, 1.165) is 22.7 Å². The van der Waals surface area contributed by atoms with E-state index in [-0.39, 0.29) is 5.56 Å². The number of anilines is 1. The average Bonchev–Trinajstić information content (AvgIpc) is 2.80. The van der Waals surface area contributed by atoms with Gasteiger partial charge in [-0.3, -0.25) is 0 Å². The maximum atomic E-state index is 11.3. The molecule has 0 saturated heterocycles. The zero-order valence-corrected chi connectivity index (χ0v) is 11.6. The quantitative estimate of drug-likeness (QED) is 0.878. The van der Waals surface area contributed by atoms with E-state index < -0.39 is 5.97 Å². The molecule has 0 aliphatic carbocycles. The number of nitrogens with zero attached hydrogens (tertiary/aromatic N) is 2. The van der Waals surface area contributed by atoms with Crippen molar-refractivity contribution in [1.29, 1.82) is 0 Å². The Balaban J connectivity index is 2.12. The molecule has 0 aromatic carbocycles. The Bertz CT molecular complexity index is 582. The summed E-state index contributed by atoms with van der Waals surface area (Å²) in [5.74, 6) is -0.525. The lowest BCUT2D eigenvalue weighted by Crippen LogP contribution is -2.13. The lowest BCUT2D eigenvalue weighted by Gasteiger charge is -2.11. The molecule has 0 radical (unpaired) electrons. The molecule has 2 aromatic heterocycles. The number of rotatable bonds is 5. The van der Waals surface area contributed by atoms with Crippen LogP contribution in [0.4, 0.5) is 5.82 Å². The highest BCUT2D eigenvalue weighted by molar-refractivity contribution is 7.09. The normalized spacial score (nSPS) is 10.4. The number of hydrogen-bond donors (Lipinski definition) is 2.